The van der Waals surface area contributed by atoms with E-state index < -0.39 is 7.12 Å². The van der Waals surface area contributed by atoms with Crippen molar-refractivity contribution in [1.82, 2.24) is 4.98 Å². The van der Waals surface area contributed by atoms with Crippen LogP contribution in [0.25, 0.3) is 11.3 Å². The summed E-state index contributed by atoms with van der Waals surface area (Å²) in [5.41, 5.74) is 6.20. The highest BCUT2D eigenvalue weighted by Crippen LogP contribution is 2.36. The molecular formula is C22H24BN3O2S. The standard InChI is InChI=1S/C22H24BN3O2S/c1-21(2)22(3,4)28-23(27-21)18-13-9-8-12-17(18)14-24-26-20-25-19(15-29-20)16-10-6-5-7-11-16/h5-15H,1-4H3,(H,25,26). The molecule has 0 saturated carbocycles. The van der Waals surface area contributed by atoms with Gasteiger partial charge in [-0.1, -0.05) is 54.6 Å². The molecule has 5 nitrogen and oxygen atoms in total. The number of anilines is 1. The lowest BCUT2D eigenvalue weighted by atomic mass is 9.76. The summed E-state index contributed by atoms with van der Waals surface area (Å²) in [6, 6.07) is 18.1. The average molecular weight is 405 g/mol. The Kier molecular flexibility index (Phi) is 5.29. The van der Waals surface area contributed by atoms with Crippen molar-refractivity contribution in [3.8, 4) is 11.3 Å². The van der Waals surface area contributed by atoms with Crippen molar-refractivity contribution >= 4 is 35.3 Å². The van der Waals surface area contributed by atoms with Gasteiger partial charge in [0.1, 0.15) is 0 Å². The summed E-state index contributed by atoms with van der Waals surface area (Å²) in [6.45, 7) is 8.21. The van der Waals surface area contributed by atoms with E-state index in [0.29, 0.717) is 0 Å². The van der Waals surface area contributed by atoms with E-state index in [1.54, 1.807) is 6.21 Å². The van der Waals surface area contributed by atoms with E-state index >= 15 is 0 Å². The van der Waals surface area contributed by atoms with Crippen molar-refractivity contribution in [2.24, 2.45) is 5.10 Å². The monoisotopic (exact) mass is 405 g/mol. The van der Waals surface area contributed by atoms with Gasteiger partial charge in [-0.25, -0.2) is 4.98 Å². The third-order valence-electron chi connectivity index (χ3n) is 5.44. The maximum absolute atomic E-state index is 6.19. The molecule has 1 aromatic heterocycles. The molecule has 0 atom stereocenters. The van der Waals surface area contributed by atoms with Gasteiger partial charge in [-0.2, -0.15) is 5.10 Å². The summed E-state index contributed by atoms with van der Waals surface area (Å²) in [5.74, 6) is 0. The first kappa shape index (κ1) is 19.8. The highest BCUT2D eigenvalue weighted by Gasteiger charge is 2.52. The van der Waals surface area contributed by atoms with Crippen LogP contribution in [-0.4, -0.2) is 29.5 Å². The predicted molar refractivity (Wildman–Crippen MR) is 121 cm³/mol. The van der Waals surface area contributed by atoms with Gasteiger partial charge in [-0.3, -0.25) is 5.43 Å². The number of rotatable bonds is 5. The van der Waals surface area contributed by atoms with Crippen LogP contribution in [0.4, 0.5) is 5.13 Å². The van der Waals surface area contributed by atoms with Crippen molar-refractivity contribution in [2.75, 3.05) is 5.43 Å². The minimum absolute atomic E-state index is 0.380. The molecule has 1 saturated heterocycles. The number of hydrogen-bond donors (Lipinski definition) is 1. The molecule has 0 bridgehead atoms. The third kappa shape index (κ3) is 4.12. The smallest absolute Gasteiger partial charge is 0.399 e. The molecule has 0 amide bonds. The normalized spacial score (nSPS) is 17.7. The van der Waals surface area contributed by atoms with Crippen molar-refractivity contribution in [3.05, 3.63) is 65.5 Å². The lowest BCUT2D eigenvalue weighted by Gasteiger charge is -2.32. The first-order valence-electron chi connectivity index (χ1n) is 9.60. The van der Waals surface area contributed by atoms with E-state index in [1.165, 1.54) is 11.3 Å². The molecule has 4 rings (SSSR count). The van der Waals surface area contributed by atoms with E-state index in [4.69, 9.17) is 9.31 Å². The van der Waals surface area contributed by atoms with Crippen LogP contribution in [0.15, 0.2) is 65.1 Å². The van der Waals surface area contributed by atoms with Crippen LogP contribution in [-0.2, 0) is 9.31 Å². The summed E-state index contributed by atoms with van der Waals surface area (Å²) in [6.07, 6.45) is 1.78. The molecule has 2 heterocycles. The number of nitrogens with one attached hydrogen (secondary N) is 1. The van der Waals surface area contributed by atoms with Crippen molar-refractivity contribution in [2.45, 2.75) is 38.9 Å². The van der Waals surface area contributed by atoms with Crippen molar-refractivity contribution in [3.63, 3.8) is 0 Å². The largest absolute Gasteiger partial charge is 0.495 e. The fourth-order valence-electron chi connectivity index (χ4n) is 3.04. The number of thiazole rings is 1. The number of hydrazone groups is 1. The summed E-state index contributed by atoms with van der Waals surface area (Å²) < 4.78 is 12.4. The zero-order valence-corrected chi connectivity index (χ0v) is 17.9. The predicted octanol–water partition coefficient (Wildman–Crippen LogP) is 4.56. The molecule has 29 heavy (non-hydrogen) atoms. The maximum Gasteiger partial charge on any atom is 0.495 e. The van der Waals surface area contributed by atoms with Gasteiger partial charge in [0.2, 0.25) is 5.13 Å². The van der Waals surface area contributed by atoms with Crippen molar-refractivity contribution < 1.29 is 9.31 Å². The lowest BCUT2D eigenvalue weighted by molar-refractivity contribution is 0.00578. The maximum atomic E-state index is 6.19. The Morgan fingerprint density at radius 2 is 1.62 bits per heavy atom. The van der Waals surface area contributed by atoms with Crippen LogP contribution >= 0.6 is 11.3 Å². The first-order chi connectivity index (χ1) is 13.9. The second kappa shape index (κ2) is 7.74. The fourth-order valence-corrected chi connectivity index (χ4v) is 3.71. The molecule has 0 unspecified atom stereocenters. The minimum atomic E-state index is -0.424. The zero-order valence-electron chi connectivity index (χ0n) is 17.0. The van der Waals surface area contributed by atoms with Gasteiger partial charge in [0, 0.05) is 10.9 Å². The second-order valence-corrected chi connectivity index (χ2v) is 8.85. The Hall–Kier alpha value is -2.48. The van der Waals surface area contributed by atoms with E-state index in [0.717, 1.165) is 27.4 Å². The second-order valence-electron chi connectivity index (χ2n) is 7.99. The first-order valence-corrected chi connectivity index (χ1v) is 10.5. The Bertz CT molecular complexity index is 1000. The Morgan fingerprint density at radius 1 is 0.966 bits per heavy atom. The number of nitrogens with zero attached hydrogens (tertiary/aromatic N) is 2. The highest BCUT2D eigenvalue weighted by molar-refractivity contribution is 7.14. The minimum Gasteiger partial charge on any atom is -0.399 e. The summed E-state index contributed by atoms with van der Waals surface area (Å²) >= 11 is 1.52. The van der Waals surface area contributed by atoms with Crippen LogP contribution in [0, 0.1) is 0 Å². The van der Waals surface area contributed by atoms with E-state index in [9.17, 15) is 0 Å². The molecule has 0 aliphatic carbocycles. The van der Waals surface area contributed by atoms with Crippen LogP contribution in [0.2, 0.25) is 0 Å². The van der Waals surface area contributed by atoms with Gasteiger partial charge in [0.15, 0.2) is 0 Å². The van der Waals surface area contributed by atoms with Gasteiger partial charge < -0.3 is 9.31 Å². The summed E-state index contributed by atoms with van der Waals surface area (Å²) in [7, 11) is -0.424. The lowest BCUT2D eigenvalue weighted by Crippen LogP contribution is -2.41. The van der Waals surface area contributed by atoms with Crippen LogP contribution in [0.3, 0.4) is 0 Å². The third-order valence-corrected chi connectivity index (χ3v) is 6.19. The fraction of sp³-hybridized carbons (Fsp3) is 0.273. The molecule has 1 fully saturated rings. The van der Waals surface area contributed by atoms with Gasteiger partial charge in [-0.05, 0) is 38.7 Å². The number of benzene rings is 2. The van der Waals surface area contributed by atoms with E-state index in [1.807, 2.05) is 60.0 Å². The SMILES string of the molecule is CC1(C)OB(c2ccccc2C=NNc2nc(-c3ccccc3)cs2)OC1(C)C. The molecule has 0 spiro atoms. The molecule has 2 aromatic carbocycles. The molecular weight excluding hydrogens is 381 g/mol. The van der Waals surface area contributed by atoms with Gasteiger partial charge in [0.25, 0.3) is 0 Å². The van der Waals surface area contributed by atoms with Gasteiger partial charge in [-0.15, -0.1) is 11.3 Å². The van der Waals surface area contributed by atoms with Crippen LogP contribution in [0.1, 0.15) is 33.3 Å². The number of hydrogen-bond acceptors (Lipinski definition) is 6. The molecule has 148 valence electrons. The summed E-state index contributed by atoms with van der Waals surface area (Å²) in [5, 5.41) is 7.15. The average Bonchev–Trinajstić information content (AvgIpc) is 3.25. The van der Waals surface area contributed by atoms with Crippen LogP contribution in [0.5, 0.6) is 0 Å². The van der Waals surface area contributed by atoms with Gasteiger partial charge in [0.05, 0.1) is 23.1 Å². The summed E-state index contributed by atoms with van der Waals surface area (Å²) in [4.78, 5) is 4.59. The Labute approximate surface area is 175 Å². The number of aromatic nitrogens is 1. The molecule has 1 N–H and O–H groups in total. The Morgan fingerprint density at radius 3 is 2.34 bits per heavy atom. The van der Waals surface area contributed by atoms with E-state index in [-0.39, 0.29) is 11.2 Å². The topological polar surface area (TPSA) is 55.7 Å². The zero-order chi connectivity index (χ0) is 20.5. The molecule has 1 aliphatic rings. The van der Waals surface area contributed by atoms with Gasteiger partial charge >= 0.3 is 7.12 Å². The van der Waals surface area contributed by atoms with Crippen molar-refractivity contribution in [1.29, 1.82) is 0 Å². The quantitative estimate of drug-likeness (QED) is 0.384. The molecule has 3 aromatic rings. The Balaban J connectivity index is 1.49. The van der Waals surface area contributed by atoms with E-state index in [2.05, 4.69) is 43.2 Å². The highest BCUT2D eigenvalue weighted by atomic mass is 32.1. The molecule has 1 aliphatic heterocycles. The molecule has 7 heteroatoms. The molecule has 0 radical (unpaired) electrons. The van der Waals surface area contributed by atoms with Crippen LogP contribution < -0.4 is 10.9 Å².